The minimum absolute atomic E-state index is 0.00971. The number of nitrogens with zero attached hydrogens (tertiary/aromatic N) is 1. The number of sulfonamides is 1. The Morgan fingerprint density at radius 2 is 1.62 bits per heavy atom. The molecule has 4 rings (SSSR count). The van der Waals surface area contributed by atoms with Crippen LogP contribution in [0.4, 0.5) is 11.4 Å². The third kappa shape index (κ3) is 5.19. The highest BCUT2D eigenvalue weighted by Crippen LogP contribution is 2.27. The zero-order valence-electron chi connectivity index (χ0n) is 18.2. The van der Waals surface area contributed by atoms with Crippen LogP contribution in [-0.4, -0.2) is 32.8 Å². The number of benzene rings is 2. The molecule has 1 saturated heterocycles. The van der Waals surface area contributed by atoms with E-state index in [1.165, 1.54) is 12.1 Å². The van der Waals surface area contributed by atoms with E-state index < -0.39 is 15.9 Å². The fraction of sp³-hybridized carbons (Fsp3) is 0.417. The highest BCUT2D eigenvalue weighted by atomic mass is 32.2. The van der Waals surface area contributed by atoms with Gasteiger partial charge in [-0.2, -0.15) is 0 Å². The topological polar surface area (TPSA) is 95.6 Å². The van der Waals surface area contributed by atoms with Gasteiger partial charge in [0.05, 0.1) is 10.8 Å². The van der Waals surface area contributed by atoms with Crippen LogP contribution in [0.25, 0.3) is 0 Å². The Hall–Kier alpha value is -2.71. The van der Waals surface area contributed by atoms with Gasteiger partial charge in [0.2, 0.25) is 21.8 Å². The molecule has 2 fully saturated rings. The maximum absolute atomic E-state index is 12.7. The lowest BCUT2D eigenvalue weighted by molar-refractivity contribution is -0.122. The van der Waals surface area contributed by atoms with Crippen molar-refractivity contribution in [1.29, 1.82) is 0 Å². The van der Waals surface area contributed by atoms with Crippen LogP contribution in [0.2, 0.25) is 0 Å². The molecule has 2 aliphatic rings. The van der Waals surface area contributed by atoms with Crippen LogP contribution in [0.3, 0.4) is 0 Å². The van der Waals surface area contributed by atoms with Crippen molar-refractivity contribution in [2.75, 3.05) is 16.8 Å². The van der Waals surface area contributed by atoms with Gasteiger partial charge >= 0.3 is 0 Å². The fourth-order valence-electron chi connectivity index (χ4n) is 4.33. The van der Waals surface area contributed by atoms with Gasteiger partial charge in [-0.1, -0.05) is 37.0 Å². The van der Waals surface area contributed by atoms with Gasteiger partial charge in [0.25, 0.3) is 0 Å². The quantitative estimate of drug-likeness (QED) is 0.696. The van der Waals surface area contributed by atoms with Crippen LogP contribution in [0.15, 0.2) is 53.4 Å². The number of aryl methyl sites for hydroxylation is 1. The van der Waals surface area contributed by atoms with E-state index in [1.807, 2.05) is 31.2 Å². The Bertz CT molecular complexity index is 1080. The third-order valence-corrected chi connectivity index (χ3v) is 7.74. The van der Waals surface area contributed by atoms with Gasteiger partial charge in [-0.3, -0.25) is 9.59 Å². The summed E-state index contributed by atoms with van der Waals surface area (Å²) in [6.45, 7) is 2.31. The Balaban J connectivity index is 1.36. The molecule has 2 amide bonds. The number of rotatable bonds is 6. The average Bonchev–Trinajstić information content (AvgIpc) is 3.17. The van der Waals surface area contributed by atoms with E-state index in [2.05, 4.69) is 10.0 Å². The first kappa shape index (κ1) is 22.5. The minimum Gasteiger partial charge on any atom is -0.326 e. The first-order valence-corrected chi connectivity index (χ1v) is 12.6. The molecular weight excluding hydrogens is 426 g/mol. The molecule has 170 valence electrons. The van der Waals surface area contributed by atoms with Crippen molar-refractivity contribution in [3.05, 3.63) is 54.1 Å². The second-order valence-electron chi connectivity index (χ2n) is 8.71. The summed E-state index contributed by atoms with van der Waals surface area (Å²) < 4.78 is 28.0. The van der Waals surface area contributed by atoms with Crippen LogP contribution < -0.4 is 14.9 Å². The largest absolute Gasteiger partial charge is 0.326 e. The zero-order chi connectivity index (χ0) is 22.7. The highest BCUT2D eigenvalue weighted by molar-refractivity contribution is 7.89. The van der Waals surface area contributed by atoms with Crippen molar-refractivity contribution in [2.24, 2.45) is 5.92 Å². The van der Waals surface area contributed by atoms with Crippen LogP contribution in [0.1, 0.15) is 44.1 Å². The Morgan fingerprint density at radius 3 is 2.28 bits per heavy atom. The summed E-state index contributed by atoms with van der Waals surface area (Å²) in [4.78, 5) is 27.0. The Kier molecular flexibility index (Phi) is 6.62. The van der Waals surface area contributed by atoms with E-state index in [1.54, 1.807) is 17.0 Å². The monoisotopic (exact) mass is 455 g/mol. The van der Waals surface area contributed by atoms with Crippen molar-refractivity contribution in [3.8, 4) is 0 Å². The third-order valence-electron chi connectivity index (χ3n) is 6.20. The van der Waals surface area contributed by atoms with Crippen molar-refractivity contribution < 1.29 is 18.0 Å². The molecule has 7 nitrogen and oxygen atoms in total. The summed E-state index contributed by atoms with van der Waals surface area (Å²) in [5.74, 6) is -0.784. The molecule has 1 saturated carbocycles. The maximum atomic E-state index is 12.7. The number of nitrogens with one attached hydrogen (secondary N) is 2. The molecule has 32 heavy (non-hydrogen) atoms. The SMILES string of the molecule is Cc1ccc(N2C[C@@H](C(=O)Nc3ccc(S(=O)(=O)NC4CCCCC4)cc3)CC2=O)cc1. The van der Waals surface area contributed by atoms with Crippen LogP contribution in [-0.2, 0) is 19.6 Å². The van der Waals surface area contributed by atoms with Gasteiger partial charge in [0, 0.05) is 30.4 Å². The summed E-state index contributed by atoms with van der Waals surface area (Å²) >= 11 is 0. The van der Waals surface area contributed by atoms with Crippen molar-refractivity contribution >= 4 is 33.2 Å². The number of amides is 2. The van der Waals surface area contributed by atoms with Gasteiger partial charge in [-0.25, -0.2) is 13.1 Å². The van der Waals surface area contributed by atoms with E-state index in [-0.39, 0.29) is 29.2 Å². The fourth-order valence-corrected chi connectivity index (χ4v) is 5.63. The van der Waals surface area contributed by atoms with Gasteiger partial charge in [-0.05, 0) is 56.2 Å². The van der Waals surface area contributed by atoms with E-state index >= 15 is 0 Å². The van der Waals surface area contributed by atoms with Crippen LogP contribution >= 0.6 is 0 Å². The average molecular weight is 456 g/mol. The summed E-state index contributed by atoms with van der Waals surface area (Å²) in [6.07, 6.45) is 5.13. The van der Waals surface area contributed by atoms with E-state index in [4.69, 9.17) is 0 Å². The molecule has 2 aromatic rings. The Morgan fingerprint density at radius 1 is 0.969 bits per heavy atom. The zero-order valence-corrected chi connectivity index (χ0v) is 19.0. The van der Waals surface area contributed by atoms with E-state index in [0.29, 0.717) is 12.2 Å². The molecule has 8 heteroatoms. The predicted molar refractivity (Wildman–Crippen MR) is 124 cm³/mol. The molecule has 1 aliphatic carbocycles. The summed E-state index contributed by atoms with van der Waals surface area (Å²) in [5.41, 5.74) is 2.40. The van der Waals surface area contributed by atoms with Gasteiger partial charge in [0.15, 0.2) is 0 Å². The van der Waals surface area contributed by atoms with Gasteiger partial charge < -0.3 is 10.2 Å². The smallest absolute Gasteiger partial charge is 0.240 e. The number of hydrogen-bond donors (Lipinski definition) is 2. The molecular formula is C24H29N3O4S. The van der Waals surface area contributed by atoms with Crippen molar-refractivity contribution in [1.82, 2.24) is 4.72 Å². The number of carbonyl (C=O) groups excluding carboxylic acids is 2. The molecule has 2 N–H and O–H groups in total. The number of hydrogen-bond acceptors (Lipinski definition) is 4. The second kappa shape index (κ2) is 9.42. The number of anilines is 2. The second-order valence-corrected chi connectivity index (χ2v) is 10.4. The van der Waals surface area contributed by atoms with Gasteiger partial charge in [0.1, 0.15) is 0 Å². The van der Waals surface area contributed by atoms with E-state index in [0.717, 1.165) is 43.4 Å². The first-order chi connectivity index (χ1) is 15.3. The molecule has 0 spiro atoms. The molecule has 0 unspecified atom stereocenters. The molecule has 0 bridgehead atoms. The molecule has 0 aromatic heterocycles. The Labute approximate surface area is 189 Å². The minimum atomic E-state index is -3.58. The molecule has 1 aliphatic heterocycles. The maximum Gasteiger partial charge on any atom is 0.240 e. The van der Waals surface area contributed by atoms with Crippen LogP contribution in [0.5, 0.6) is 0 Å². The lowest BCUT2D eigenvalue weighted by Gasteiger charge is -2.22. The number of carbonyl (C=O) groups is 2. The lowest BCUT2D eigenvalue weighted by Crippen LogP contribution is -2.36. The van der Waals surface area contributed by atoms with Crippen molar-refractivity contribution in [2.45, 2.75) is 56.4 Å². The summed E-state index contributed by atoms with van der Waals surface area (Å²) in [6, 6.07) is 13.8. The summed E-state index contributed by atoms with van der Waals surface area (Å²) in [7, 11) is -3.58. The van der Waals surface area contributed by atoms with Crippen LogP contribution in [0, 0.1) is 12.8 Å². The molecule has 0 radical (unpaired) electrons. The van der Waals surface area contributed by atoms with Crippen molar-refractivity contribution in [3.63, 3.8) is 0 Å². The summed E-state index contributed by atoms with van der Waals surface area (Å²) in [5, 5.41) is 2.81. The molecule has 1 heterocycles. The first-order valence-electron chi connectivity index (χ1n) is 11.1. The standard InChI is InChI=1S/C24H29N3O4S/c1-17-7-11-21(12-8-17)27-16-18(15-23(27)28)24(29)25-19-9-13-22(14-10-19)32(30,31)26-20-5-3-2-4-6-20/h7-14,18,20,26H,2-6,15-16H2,1H3,(H,25,29)/t18-/m0/s1. The van der Waals surface area contributed by atoms with Gasteiger partial charge in [-0.15, -0.1) is 0 Å². The molecule has 2 aromatic carbocycles. The molecule has 1 atom stereocenters. The lowest BCUT2D eigenvalue weighted by atomic mass is 9.96. The predicted octanol–water partition coefficient (Wildman–Crippen LogP) is 3.60. The van der Waals surface area contributed by atoms with E-state index in [9.17, 15) is 18.0 Å². The normalized spacial score (nSPS) is 19.8. The highest BCUT2D eigenvalue weighted by Gasteiger charge is 2.35.